The average Bonchev–Trinajstić information content (AvgIpc) is 2.32. The van der Waals surface area contributed by atoms with E-state index in [1.54, 1.807) is 7.11 Å². The molecule has 0 aromatic carbocycles. The van der Waals surface area contributed by atoms with Crippen LogP contribution in [0, 0.1) is 13.8 Å². The molecule has 0 aliphatic carbocycles. The summed E-state index contributed by atoms with van der Waals surface area (Å²) in [5, 5.41) is 13.4. The van der Waals surface area contributed by atoms with Gasteiger partial charge in [-0.25, -0.2) is 0 Å². The topological polar surface area (TPSA) is 54.4 Å². The van der Waals surface area contributed by atoms with Gasteiger partial charge in [0, 0.05) is 30.4 Å². The SMILES string of the molecule is CCCC(C)(O)CNCc1ncc(C)c(OC)c1C. The van der Waals surface area contributed by atoms with Crippen molar-refractivity contribution in [3.8, 4) is 5.75 Å². The fourth-order valence-corrected chi connectivity index (χ4v) is 2.33. The van der Waals surface area contributed by atoms with E-state index in [0.717, 1.165) is 35.4 Å². The molecule has 0 bridgehead atoms. The number of aliphatic hydroxyl groups is 1. The predicted molar refractivity (Wildman–Crippen MR) is 77.5 cm³/mol. The van der Waals surface area contributed by atoms with Gasteiger partial charge in [0.25, 0.3) is 0 Å². The van der Waals surface area contributed by atoms with Gasteiger partial charge in [-0.1, -0.05) is 13.3 Å². The van der Waals surface area contributed by atoms with Crippen molar-refractivity contribution in [2.24, 2.45) is 0 Å². The molecule has 1 aromatic rings. The smallest absolute Gasteiger partial charge is 0.128 e. The van der Waals surface area contributed by atoms with E-state index in [2.05, 4.69) is 17.2 Å². The van der Waals surface area contributed by atoms with Gasteiger partial charge in [-0.2, -0.15) is 0 Å². The molecule has 1 aromatic heterocycles. The molecule has 1 unspecified atom stereocenters. The molecule has 19 heavy (non-hydrogen) atoms. The molecule has 4 nitrogen and oxygen atoms in total. The molecule has 0 saturated heterocycles. The summed E-state index contributed by atoms with van der Waals surface area (Å²) in [6.07, 6.45) is 3.60. The highest BCUT2D eigenvalue weighted by Crippen LogP contribution is 2.23. The second-order valence-electron chi connectivity index (χ2n) is 5.40. The first kappa shape index (κ1) is 15.9. The van der Waals surface area contributed by atoms with E-state index in [1.807, 2.05) is 27.0 Å². The van der Waals surface area contributed by atoms with Crippen LogP contribution in [-0.2, 0) is 6.54 Å². The number of ether oxygens (including phenoxy) is 1. The third-order valence-corrected chi connectivity index (χ3v) is 3.34. The minimum atomic E-state index is -0.655. The van der Waals surface area contributed by atoms with E-state index < -0.39 is 5.60 Å². The van der Waals surface area contributed by atoms with E-state index >= 15 is 0 Å². The molecule has 2 N–H and O–H groups in total. The summed E-state index contributed by atoms with van der Waals surface area (Å²) < 4.78 is 5.39. The molecule has 1 rings (SSSR count). The Balaban J connectivity index is 2.64. The van der Waals surface area contributed by atoms with E-state index in [0.29, 0.717) is 13.1 Å². The van der Waals surface area contributed by atoms with Crippen LogP contribution in [0.4, 0.5) is 0 Å². The van der Waals surface area contributed by atoms with E-state index in [4.69, 9.17) is 4.74 Å². The van der Waals surface area contributed by atoms with Crippen molar-refractivity contribution in [1.82, 2.24) is 10.3 Å². The van der Waals surface area contributed by atoms with Crippen molar-refractivity contribution in [1.29, 1.82) is 0 Å². The van der Waals surface area contributed by atoms with Gasteiger partial charge in [-0.15, -0.1) is 0 Å². The zero-order valence-corrected chi connectivity index (χ0v) is 12.7. The van der Waals surface area contributed by atoms with Crippen LogP contribution in [0.1, 0.15) is 43.5 Å². The molecule has 0 aliphatic rings. The Bertz CT molecular complexity index is 417. The Kier molecular flexibility index (Phi) is 5.76. The quantitative estimate of drug-likeness (QED) is 0.795. The van der Waals surface area contributed by atoms with Crippen molar-refractivity contribution in [3.05, 3.63) is 23.0 Å². The molecular formula is C15H26N2O2. The number of hydrogen-bond donors (Lipinski definition) is 2. The van der Waals surface area contributed by atoms with Crippen LogP contribution in [-0.4, -0.2) is 29.3 Å². The van der Waals surface area contributed by atoms with Gasteiger partial charge in [-0.3, -0.25) is 4.98 Å². The molecule has 0 aliphatic heterocycles. The summed E-state index contributed by atoms with van der Waals surface area (Å²) in [6.45, 7) is 9.15. The molecule has 0 amide bonds. The van der Waals surface area contributed by atoms with Gasteiger partial charge < -0.3 is 15.2 Å². The molecule has 0 radical (unpaired) electrons. The molecule has 0 spiro atoms. The number of nitrogens with one attached hydrogen (secondary N) is 1. The van der Waals surface area contributed by atoms with E-state index in [-0.39, 0.29) is 0 Å². The Labute approximate surface area is 116 Å². The van der Waals surface area contributed by atoms with Crippen LogP contribution < -0.4 is 10.1 Å². The Morgan fingerprint density at radius 1 is 1.42 bits per heavy atom. The molecule has 0 saturated carbocycles. The summed E-state index contributed by atoms with van der Waals surface area (Å²) in [5.41, 5.74) is 2.42. The summed E-state index contributed by atoms with van der Waals surface area (Å²) in [7, 11) is 1.68. The van der Waals surface area contributed by atoms with E-state index in [9.17, 15) is 5.11 Å². The lowest BCUT2D eigenvalue weighted by Crippen LogP contribution is -2.37. The van der Waals surface area contributed by atoms with Crippen LogP contribution >= 0.6 is 0 Å². The number of hydrogen-bond acceptors (Lipinski definition) is 4. The zero-order valence-electron chi connectivity index (χ0n) is 12.7. The Morgan fingerprint density at radius 2 is 2.11 bits per heavy atom. The number of aromatic nitrogens is 1. The van der Waals surface area contributed by atoms with Gasteiger partial charge in [0.1, 0.15) is 5.75 Å². The van der Waals surface area contributed by atoms with Gasteiger partial charge >= 0.3 is 0 Å². The number of aryl methyl sites for hydroxylation is 1. The summed E-state index contributed by atoms with van der Waals surface area (Å²) in [4.78, 5) is 4.43. The average molecular weight is 266 g/mol. The first-order valence-corrected chi connectivity index (χ1v) is 6.83. The highest BCUT2D eigenvalue weighted by Gasteiger charge is 2.18. The summed E-state index contributed by atoms with van der Waals surface area (Å²) >= 11 is 0. The second-order valence-corrected chi connectivity index (χ2v) is 5.40. The maximum absolute atomic E-state index is 10.1. The lowest BCUT2D eigenvalue weighted by Gasteiger charge is -2.23. The maximum Gasteiger partial charge on any atom is 0.128 e. The first-order chi connectivity index (χ1) is 8.91. The molecule has 1 atom stereocenters. The second kappa shape index (κ2) is 6.87. The highest BCUT2D eigenvalue weighted by molar-refractivity contribution is 5.40. The van der Waals surface area contributed by atoms with Crippen molar-refractivity contribution >= 4 is 0 Å². The van der Waals surface area contributed by atoms with E-state index in [1.165, 1.54) is 0 Å². The molecule has 1 heterocycles. The molecule has 4 heteroatoms. The third-order valence-electron chi connectivity index (χ3n) is 3.34. The summed E-state index contributed by atoms with van der Waals surface area (Å²) in [6, 6.07) is 0. The lowest BCUT2D eigenvalue weighted by atomic mass is 10.0. The largest absolute Gasteiger partial charge is 0.496 e. The Morgan fingerprint density at radius 3 is 2.68 bits per heavy atom. The predicted octanol–water partition coefficient (Wildman–Crippen LogP) is 2.35. The first-order valence-electron chi connectivity index (χ1n) is 6.83. The number of rotatable bonds is 7. The van der Waals surface area contributed by atoms with Gasteiger partial charge in [0.2, 0.25) is 0 Å². The normalized spacial score (nSPS) is 14.2. The van der Waals surface area contributed by atoms with Gasteiger partial charge in [0.15, 0.2) is 0 Å². The van der Waals surface area contributed by atoms with Crippen molar-refractivity contribution in [2.45, 2.75) is 52.7 Å². The van der Waals surface area contributed by atoms with Gasteiger partial charge in [0.05, 0.1) is 18.4 Å². The third kappa shape index (κ3) is 4.48. The fourth-order valence-electron chi connectivity index (χ4n) is 2.33. The van der Waals surface area contributed by atoms with Crippen LogP contribution in [0.3, 0.4) is 0 Å². The molecule has 0 fully saturated rings. The zero-order chi connectivity index (χ0) is 14.5. The van der Waals surface area contributed by atoms with Crippen LogP contribution in [0.5, 0.6) is 5.75 Å². The van der Waals surface area contributed by atoms with Crippen LogP contribution in [0.25, 0.3) is 0 Å². The standard InChI is InChI=1S/C15H26N2O2/c1-6-7-15(4,18)10-16-9-13-12(3)14(19-5)11(2)8-17-13/h8,16,18H,6-7,9-10H2,1-5H3. The highest BCUT2D eigenvalue weighted by atomic mass is 16.5. The van der Waals surface area contributed by atoms with Crippen molar-refractivity contribution in [3.63, 3.8) is 0 Å². The molecular weight excluding hydrogens is 240 g/mol. The minimum Gasteiger partial charge on any atom is -0.496 e. The number of methoxy groups -OCH3 is 1. The summed E-state index contributed by atoms with van der Waals surface area (Å²) in [5.74, 6) is 0.895. The van der Waals surface area contributed by atoms with Crippen LogP contribution in [0.2, 0.25) is 0 Å². The fraction of sp³-hybridized carbons (Fsp3) is 0.667. The lowest BCUT2D eigenvalue weighted by molar-refractivity contribution is 0.0497. The van der Waals surface area contributed by atoms with Gasteiger partial charge in [-0.05, 0) is 27.2 Å². The monoisotopic (exact) mass is 266 g/mol. The number of pyridine rings is 1. The molecule has 108 valence electrons. The number of nitrogens with zero attached hydrogens (tertiary/aromatic N) is 1. The minimum absolute atomic E-state index is 0.568. The Hall–Kier alpha value is -1.13. The van der Waals surface area contributed by atoms with Crippen molar-refractivity contribution < 1.29 is 9.84 Å². The maximum atomic E-state index is 10.1. The van der Waals surface area contributed by atoms with Crippen LogP contribution in [0.15, 0.2) is 6.20 Å². The van der Waals surface area contributed by atoms with Crippen molar-refractivity contribution in [2.75, 3.05) is 13.7 Å².